The van der Waals surface area contributed by atoms with Crippen LogP contribution in [-0.4, -0.2) is 177 Å². The van der Waals surface area contributed by atoms with Gasteiger partial charge < -0.3 is 75.0 Å². The number of allylic oxidation sites excluding steroid dienone is 1. The number of carbonyl (C=O) groups excluding carboxylic acids is 6. The smallest absolute Gasteiger partial charge is 0.358 e. The first-order valence-corrected chi connectivity index (χ1v) is 32.8. The van der Waals surface area contributed by atoms with Crippen molar-refractivity contribution in [1.82, 2.24) is 60.8 Å². The number of aromatic hydroxyl groups is 1. The van der Waals surface area contributed by atoms with Crippen LogP contribution in [0.15, 0.2) is 56.9 Å². The lowest BCUT2D eigenvalue weighted by Crippen LogP contribution is -2.58. The van der Waals surface area contributed by atoms with Gasteiger partial charge in [-0.25, -0.2) is 44.3 Å². The number of rotatable bonds is 6. The quantitative estimate of drug-likeness (QED) is 0.0600. The fraction of sp³-hybridized carbons (Fsp3) is 0.362. The molecule has 4 amide bonds. The van der Waals surface area contributed by atoms with Crippen molar-refractivity contribution in [2.75, 3.05) is 27.5 Å². The van der Waals surface area contributed by atoms with Crippen LogP contribution < -0.4 is 21.3 Å². The Morgan fingerprint density at radius 2 is 1.52 bits per heavy atom. The van der Waals surface area contributed by atoms with Gasteiger partial charge in [0.2, 0.25) is 5.91 Å². The van der Waals surface area contributed by atoms with Gasteiger partial charge in [-0.3, -0.25) is 24.1 Å². The van der Waals surface area contributed by atoms with Gasteiger partial charge in [0, 0.05) is 49.8 Å². The van der Waals surface area contributed by atoms with Crippen molar-refractivity contribution in [3.05, 3.63) is 112 Å². The highest BCUT2D eigenvalue weighted by Crippen LogP contribution is 2.44. The van der Waals surface area contributed by atoms with E-state index in [-0.39, 0.29) is 118 Å². The molecule has 35 heteroatoms. The van der Waals surface area contributed by atoms with Gasteiger partial charge in [0.15, 0.2) is 23.8 Å². The van der Waals surface area contributed by atoms with Crippen LogP contribution in [0.1, 0.15) is 125 Å². The Morgan fingerprint density at radius 1 is 0.828 bits per heavy atom. The first-order chi connectivity index (χ1) is 44.6. The molecule has 1 aromatic carbocycles. The minimum atomic E-state index is -1.83. The SMILES string of the molecule is CO/C(C)=C1/NC(=O)[C@H]([C@@H](C)O)NC(=O)c2csc(n2)-c2cc(O)c(-c3nc(C(=O)O)cs3)nc2-c2csc(n2)[C@@H]2COC(=O)c3c4c5c(cccc5n3O)COC(=O)[C@@H](OC3C[C@]5(C)OCN(C)[C@@H]5[C@H](C)O3)[C@@H](OC4)[C@H](NC(=O)c3csc1n3)c1nc(cs1)C(=O)N2. The Hall–Kier alpha value is -8.75. The van der Waals surface area contributed by atoms with Crippen molar-refractivity contribution in [2.24, 2.45) is 0 Å². The van der Waals surface area contributed by atoms with E-state index in [1.165, 1.54) is 60.0 Å². The lowest BCUT2D eigenvalue weighted by molar-refractivity contribution is -0.268. The fourth-order valence-electron chi connectivity index (χ4n) is 11.8. The van der Waals surface area contributed by atoms with Crippen LogP contribution in [0.5, 0.6) is 5.75 Å². The number of cyclic esters (lactones) is 2. The minimum absolute atomic E-state index is 0.00103. The predicted octanol–water partition coefficient (Wildman–Crippen LogP) is 5.23. The molecule has 8 aromatic rings. The largest absolute Gasteiger partial charge is 0.506 e. The highest BCUT2D eigenvalue weighted by atomic mass is 32.1. The number of aromatic nitrogens is 7. The molecule has 93 heavy (non-hydrogen) atoms. The first kappa shape index (κ1) is 63.0. The Bertz CT molecular complexity index is 4400. The molecule has 8 N–H and O–H groups in total. The average Bonchev–Trinajstić information content (AvgIpc) is 1.67. The number of methoxy groups -OCH3 is 1. The predicted molar refractivity (Wildman–Crippen MR) is 329 cm³/mol. The van der Waals surface area contributed by atoms with E-state index in [2.05, 4.69) is 36.2 Å². The second-order valence-corrected chi connectivity index (χ2v) is 26.7. The van der Waals surface area contributed by atoms with E-state index < -0.39 is 127 Å². The number of aliphatic hydroxyl groups excluding tert-OH is 1. The summed E-state index contributed by atoms with van der Waals surface area (Å²) in [5, 5.41) is 62.9. The fourth-order valence-corrected chi connectivity index (χ4v) is 15.9. The van der Waals surface area contributed by atoms with E-state index in [1.807, 2.05) is 25.8 Å². The zero-order valence-electron chi connectivity index (χ0n) is 49.6. The Morgan fingerprint density at radius 3 is 2.27 bits per heavy atom. The van der Waals surface area contributed by atoms with E-state index >= 15 is 9.59 Å². The molecule has 12 bridgehead atoms. The number of thiazole rings is 5. The maximum absolute atomic E-state index is 15.2. The molecule has 1 unspecified atom stereocenters. The van der Waals surface area contributed by atoms with E-state index in [1.54, 1.807) is 12.1 Å². The van der Waals surface area contributed by atoms with Gasteiger partial charge in [0.1, 0.15) is 114 Å². The van der Waals surface area contributed by atoms with Crippen LogP contribution in [0.2, 0.25) is 0 Å². The van der Waals surface area contributed by atoms with Gasteiger partial charge in [-0.2, -0.15) is 4.73 Å². The van der Waals surface area contributed by atoms with Crippen molar-refractivity contribution < 1.29 is 87.2 Å². The van der Waals surface area contributed by atoms with Crippen LogP contribution in [0.4, 0.5) is 0 Å². The Balaban J connectivity index is 0.994. The number of nitrogens with zero attached hydrogens (tertiary/aromatic N) is 8. The molecule has 30 nitrogen and oxygen atoms in total. The Kier molecular flexibility index (Phi) is 16.9. The van der Waals surface area contributed by atoms with Crippen molar-refractivity contribution in [3.8, 4) is 38.4 Å². The van der Waals surface area contributed by atoms with Crippen LogP contribution in [0.25, 0.3) is 49.3 Å². The molecule has 12 heterocycles. The number of hydrogen-bond donors (Lipinski definition) is 8. The van der Waals surface area contributed by atoms with E-state index in [9.17, 15) is 44.5 Å². The van der Waals surface area contributed by atoms with Crippen LogP contribution in [0, 0.1) is 0 Å². The molecule has 484 valence electrons. The topological polar surface area (TPSA) is 399 Å². The number of ether oxygens (including phenoxy) is 7. The molecule has 0 aliphatic carbocycles. The van der Waals surface area contributed by atoms with Gasteiger partial charge >= 0.3 is 17.9 Å². The summed E-state index contributed by atoms with van der Waals surface area (Å²) >= 11 is 4.56. The third-order valence-electron chi connectivity index (χ3n) is 16.2. The molecule has 2 fully saturated rings. The number of esters is 2. The summed E-state index contributed by atoms with van der Waals surface area (Å²) in [6.07, 6.45) is -6.70. The van der Waals surface area contributed by atoms with Crippen LogP contribution in [-0.2, 0) is 56.0 Å². The van der Waals surface area contributed by atoms with E-state index in [0.717, 1.165) is 56.7 Å². The van der Waals surface area contributed by atoms with Gasteiger partial charge in [-0.1, -0.05) is 12.1 Å². The molecule has 0 saturated carbocycles. The van der Waals surface area contributed by atoms with Crippen molar-refractivity contribution in [3.63, 3.8) is 0 Å². The average molecular weight is 1370 g/mol. The summed E-state index contributed by atoms with van der Waals surface area (Å²) in [4.78, 5) is 130. The number of carbonyl (C=O) groups is 7. The second kappa shape index (κ2) is 24.9. The summed E-state index contributed by atoms with van der Waals surface area (Å²) in [6.45, 7) is 5.10. The molecular weight excluding hydrogens is 1310 g/mol. The zero-order valence-corrected chi connectivity index (χ0v) is 53.6. The molecule has 5 aliphatic heterocycles. The summed E-state index contributed by atoms with van der Waals surface area (Å²) in [7, 11) is 3.21. The van der Waals surface area contributed by atoms with Gasteiger partial charge in [0.05, 0.1) is 49.8 Å². The summed E-state index contributed by atoms with van der Waals surface area (Å²) in [5.74, 6) is -7.49. The number of likely N-dealkylation sites (N-methyl/N-ethyl adjacent to an activating group) is 1. The number of aromatic carboxylic acids is 1. The van der Waals surface area contributed by atoms with Crippen molar-refractivity contribution in [2.45, 2.75) is 108 Å². The number of benzene rings is 1. The lowest BCUT2D eigenvalue weighted by Gasteiger charge is -2.45. The zero-order chi connectivity index (χ0) is 65.5. The number of nitrogens with one attached hydrogen (secondary N) is 4. The normalized spacial score (nSPS) is 25.5. The summed E-state index contributed by atoms with van der Waals surface area (Å²) in [6, 6.07) is 1.19. The minimum Gasteiger partial charge on any atom is -0.506 e. The number of pyridine rings is 1. The first-order valence-electron chi connectivity index (χ1n) is 28.4. The molecule has 10 atom stereocenters. The van der Waals surface area contributed by atoms with Crippen LogP contribution >= 0.6 is 56.7 Å². The number of aliphatic hydroxyl groups is 1. The third kappa shape index (κ3) is 11.8. The number of amides is 4. The summed E-state index contributed by atoms with van der Waals surface area (Å²) < 4.78 is 44.8. The number of hydrogen-bond acceptors (Lipinski definition) is 29. The van der Waals surface area contributed by atoms with Crippen LogP contribution in [0.3, 0.4) is 0 Å². The molecule has 0 spiro atoms. The molecule has 7 aromatic heterocycles. The van der Waals surface area contributed by atoms with Crippen molar-refractivity contribution >= 4 is 115 Å². The highest BCUT2D eigenvalue weighted by molar-refractivity contribution is 7.14. The number of fused-ring (bicyclic) bond motifs is 16. The number of carboxylic acids is 1. The Labute approximate surface area is 545 Å². The number of carboxylic acid groups (broad SMARTS) is 1. The standard InChI is InChI=1S/C58H54N12O18S5/c1-21(71)37-49(76)67-38(22(2)82-6)52-62-31(18-91-52)48(75)68-41-43-44(88-35-11-58(4)45(23(3)87-35)69(5)20-86-58)57(80)84-12-24-8-7-9-33-36(24)26(13-83-43)42(70(33)81)56(79)85-14-27(59-46(73)29-17-92-54(41)63-29)51-60-28(15-90-51)39-25(50-61-30(16-89-50)47(74)66-37)10-34(72)40(65-39)53-64-32(19-93-53)55(77)78/h7-10,15-19,21,23,27,35,37,41,43-45,71-72,81H,11-14,20H2,1-6H3,(H,59,73)(H,66,74)(H,67,76)(H,68,75)(H,77,78)/b38-22+/t21-,23+,27+,35?,37+,41+,43+,44+,45-,58+/m1/s1. The molecule has 5 aliphatic rings. The van der Waals surface area contributed by atoms with E-state index in [4.69, 9.17) is 48.1 Å². The maximum Gasteiger partial charge on any atom is 0.358 e. The van der Waals surface area contributed by atoms with E-state index in [0.29, 0.717) is 10.3 Å². The second-order valence-electron chi connectivity index (χ2n) is 22.4. The molecule has 13 rings (SSSR count). The highest BCUT2D eigenvalue weighted by Gasteiger charge is 2.54. The third-order valence-corrected chi connectivity index (χ3v) is 20.7. The molecular formula is C58H54N12O18S5. The van der Waals surface area contributed by atoms with Gasteiger partial charge in [0.25, 0.3) is 17.7 Å². The monoisotopic (exact) mass is 1370 g/mol. The van der Waals surface area contributed by atoms with Gasteiger partial charge in [-0.15, -0.1) is 56.7 Å². The van der Waals surface area contributed by atoms with Crippen molar-refractivity contribution in [1.29, 1.82) is 0 Å². The van der Waals surface area contributed by atoms with Gasteiger partial charge in [-0.05, 0) is 52.4 Å². The molecule has 2 saturated heterocycles. The maximum atomic E-state index is 15.2. The lowest BCUT2D eigenvalue weighted by atomic mass is 9.86. The molecule has 0 radical (unpaired) electrons. The summed E-state index contributed by atoms with van der Waals surface area (Å²) in [5.41, 5.74) is -1.96.